The van der Waals surface area contributed by atoms with Crippen molar-refractivity contribution in [3.05, 3.63) is 24.0 Å². The second kappa shape index (κ2) is 8.75. The van der Waals surface area contributed by atoms with Crippen molar-refractivity contribution in [2.45, 2.75) is 55.4 Å². The fraction of sp³-hybridized carbons (Fsp3) is 0.632. The zero-order valence-electron chi connectivity index (χ0n) is 16.4. The van der Waals surface area contributed by atoms with E-state index in [1.807, 2.05) is 0 Å². The molecule has 148 valence electrons. The van der Waals surface area contributed by atoms with Gasteiger partial charge in [0.2, 0.25) is 11.8 Å². The molecule has 1 N–H and O–H groups in total. The number of thioether (sulfide) groups is 1. The quantitative estimate of drug-likeness (QED) is 0.715. The molecule has 0 saturated carbocycles. The lowest BCUT2D eigenvalue weighted by atomic mass is 9.93. The molecule has 2 aromatic rings. The van der Waals surface area contributed by atoms with Crippen molar-refractivity contribution in [3.8, 4) is 0 Å². The molecule has 1 aliphatic rings. The van der Waals surface area contributed by atoms with Gasteiger partial charge in [-0.2, -0.15) is 0 Å². The van der Waals surface area contributed by atoms with E-state index >= 15 is 0 Å². The summed E-state index contributed by atoms with van der Waals surface area (Å²) in [6.07, 6.45) is 6.37. The minimum atomic E-state index is -0.0361. The van der Waals surface area contributed by atoms with E-state index in [1.165, 1.54) is 11.3 Å². The maximum absolute atomic E-state index is 12.3. The Kier molecular flexibility index (Phi) is 6.60. The molecule has 0 bridgehead atoms. The van der Waals surface area contributed by atoms with E-state index in [0.29, 0.717) is 29.1 Å². The van der Waals surface area contributed by atoms with Crippen LogP contribution >= 0.6 is 23.1 Å². The van der Waals surface area contributed by atoms with Crippen LogP contribution in [0.15, 0.2) is 21.0 Å². The molecule has 1 fully saturated rings. The van der Waals surface area contributed by atoms with Crippen LogP contribution in [0.25, 0.3) is 0 Å². The lowest BCUT2D eigenvalue weighted by molar-refractivity contribution is -0.117. The number of rotatable bonds is 6. The van der Waals surface area contributed by atoms with Crippen molar-refractivity contribution in [2.75, 3.05) is 25.5 Å². The van der Waals surface area contributed by atoms with Gasteiger partial charge in [-0.1, -0.05) is 32.1 Å². The molecular weight excluding hydrogens is 380 g/mol. The standard InChI is InChI=1S/C19H28N4O2S2/c1-19(2,3)14-10-20-16(25-14)12-26-17-11-21-18(27-17)22-15(24)9-13-5-7-23(4)8-6-13/h10-11,13H,5-9,12H2,1-4H3,(H,21,22,24). The molecule has 0 spiro atoms. The highest BCUT2D eigenvalue weighted by molar-refractivity contribution is 8.00. The predicted octanol–water partition coefficient (Wildman–Crippen LogP) is 4.39. The SMILES string of the molecule is CN1CCC(CC(=O)Nc2ncc(SCc3ncc(C(C)(C)C)o3)s2)CC1. The Hall–Kier alpha value is -1.38. The number of likely N-dealkylation sites (tertiary alicyclic amines) is 1. The number of hydrogen-bond acceptors (Lipinski definition) is 7. The van der Waals surface area contributed by atoms with Crippen LogP contribution in [0.4, 0.5) is 5.13 Å². The zero-order valence-corrected chi connectivity index (χ0v) is 18.1. The fourth-order valence-corrected chi connectivity index (χ4v) is 4.68. The van der Waals surface area contributed by atoms with E-state index in [1.54, 1.807) is 24.2 Å². The minimum absolute atomic E-state index is 0.0361. The Morgan fingerprint density at radius 3 is 2.74 bits per heavy atom. The van der Waals surface area contributed by atoms with Crippen molar-refractivity contribution < 1.29 is 9.21 Å². The van der Waals surface area contributed by atoms with E-state index < -0.39 is 0 Å². The molecule has 0 aromatic carbocycles. The first-order chi connectivity index (χ1) is 12.8. The van der Waals surface area contributed by atoms with E-state index in [0.717, 1.165) is 35.9 Å². The Morgan fingerprint density at radius 2 is 2.07 bits per heavy atom. The van der Waals surface area contributed by atoms with Crippen molar-refractivity contribution >= 4 is 34.1 Å². The zero-order chi connectivity index (χ0) is 19.4. The van der Waals surface area contributed by atoms with Crippen molar-refractivity contribution in [3.63, 3.8) is 0 Å². The molecule has 1 aliphatic heterocycles. The molecule has 3 heterocycles. The number of carbonyl (C=O) groups excluding carboxylic acids is 1. The van der Waals surface area contributed by atoms with Crippen LogP contribution < -0.4 is 5.32 Å². The number of nitrogens with one attached hydrogen (secondary N) is 1. The van der Waals surface area contributed by atoms with E-state index in [9.17, 15) is 4.79 Å². The Balaban J connectivity index is 1.45. The molecular formula is C19H28N4O2S2. The topological polar surface area (TPSA) is 71.3 Å². The van der Waals surface area contributed by atoms with Gasteiger partial charge in [-0.25, -0.2) is 9.97 Å². The maximum Gasteiger partial charge on any atom is 0.226 e. The van der Waals surface area contributed by atoms with Crippen LogP contribution in [0, 0.1) is 5.92 Å². The Morgan fingerprint density at radius 1 is 1.33 bits per heavy atom. The Labute approximate surface area is 169 Å². The summed E-state index contributed by atoms with van der Waals surface area (Å²) in [5, 5.41) is 3.61. The van der Waals surface area contributed by atoms with Gasteiger partial charge in [0, 0.05) is 11.8 Å². The number of hydrogen-bond donors (Lipinski definition) is 1. The highest BCUT2D eigenvalue weighted by atomic mass is 32.2. The number of thiazole rings is 1. The summed E-state index contributed by atoms with van der Waals surface area (Å²) < 4.78 is 6.85. The van der Waals surface area contributed by atoms with Gasteiger partial charge in [-0.3, -0.25) is 4.79 Å². The molecule has 1 amide bonds. The molecule has 1 saturated heterocycles. The molecule has 0 unspecified atom stereocenters. The monoisotopic (exact) mass is 408 g/mol. The van der Waals surface area contributed by atoms with Gasteiger partial charge in [0.25, 0.3) is 0 Å². The first-order valence-electron chi connectivity index (χ1n) is 9.32. The molecule has 6 nitrogen and oxygen atoms in total. The number of carbonyl (C=O) groups is 1. The minimum Gasteiger partial charge on any atom is -0.444 e. The van der Waals surface area contributed by atoms with Crippen molar-refractivity contribution in [1.29, 1.82) is 0 Å². The first-order valence-corrected chi connectivity index (χ1v) is 11.1. The molecule has 8 heteroatoms. The van der Waals surface area contributed by atoms with E-state index in [4.69, 9.17) is 4.42 Å². The van der Waals surface area contributed by atoms with Crippen LogP contribution in [-0.4, -0.2) is 40.9 Å². The molecule has 0 aliphatic carbocycles. The third kappa shape index (κ3) is 6.05. The van der Waals surface area contributed by atoms with Gasteiger partial charge < -0.3 is 14.6 Å². The van der Waals surface area contributed by atoms with Crippen molar-refractivity contribution in [2.24, 2.45) is 5.92 Å². The van der Waals surface area contributed by atoms with Gasteiger partial charge in [-0.15, -0.1) is 11.8 Å². The van der Waals surface area contributed by atoms with E-state index in [2.05, 4.69) is 48.0 Å². The number of anilines is 1. The summed E-state index contributed by atoms with van der Waals surface area (Å²) in [4.78, 5) is 23.2. The van der Waals surface area contributed by atoms with Gasteiger partial charge in [-0.05, 0) is 38.9 Å². The summed E-state index contributed by atoms with van der Waals surface area (Å²) >= 11 is 3.12. The second-order valence-electron chi connectivity index (χ2n) is 8.14. The number of piperidine rings is 1. The maximum atomic E-state index is 12.3. The summed E-state index contributed by atoms with van der Waals surface area (Å²) in [5.41, 5.74) is -0.0361. The third-order valence-electron chi connectivity index (χ3n) is 4.67. The van der Waals surface area contributed by atoms with Crippen LogP contribution in [0.5, 0.6) is 0 Å². The highest BCUT2D eigenvalue weighted by Gasteiger charge is 2.21. The lowest BCUT2D eigenvalue weighted by Crippen LogP contribution is -2.31. The summed E-state index contributed by atoms with van der Waals surface area (Å²) in [7, 11) is 2.13. The molecule has 3 rings (SSSR count). The van der Waals surface area contributed by atoms with Gasteiger partial charge in [0.15, 0.2) is 5.13 Å². The van der Waals surface area contributed by atoms with Crippen molar-refractivity contribution in [1.82, 2.24) is 14.9 Å². The molecule has 0 radical (unpaired) electrons. The fourth-order valence-electron chi connectivity index (χ4n) is 2.94. The lowest BCUT2D eigenvalue weighted by Gasteiger charge is -2.28. The average Bonchev–Trinajstić information content (AvgIpc) is 3.24. The number of oxazole rings is 1. The summed E-state index contributed by atoms with van der Waals surface area (Å²) in [5.74, 6) is 2.81. The van der Waals surface area contributed by atoms with Crippen LogP contribution in [-0.2, 0) is 16.0 Å². The summed E-state index contributed by atoms with van der Waals surface area (Å²) in [6.45, 7) is 8.47. The second-order valence-corrected chi connectivity index (χ2v) is 10.4. The molecule has 0 atom stereocenters. The van der Waals surface area contributed by atoms with Gasteiger partial charge in [0.1, 0.15) is 5.76 Å². The van der Waals surface area contributed by atoms with Gasteiger partial charge in [0.05, 0.1) is 22.4 Å². The predicted molar refractivity (Wildman–Crippen MR) is 110 cm³/mol. The smallest absolute Gasteiger partial charge is 0.226 e. The van der Waals surface area contributed by atoms with Crippen LogP contribution in [0.3, 0.4) is 0 Å². The summed E-state index contributed by atoms with van der Waals surface area (Å²) in [6, 6.07) is 0. The van der Waals surface area contributed by atoms with Crippen LogP contribution in [0.1, 0.15) is 51.7 Å². The van der Waals surface area contributed by atoms with Gasteiger partial charge >= 0.3 is 0 Å². The molecule has 27 heavy (non-hydrogen) atoms. The van der Waals surface area contributed by atoms with E-state index in [-0.39, 0.29) is 11.3 Å². The highest BCUT2D eigenvalue weighted by Crippen LogP contribution is 2.32. The number of amides is 1. The largest absolute Gasteiger partial charge is 0.444 e. The third-order valence-corrected chi connectivity index (χ3v) is 6.77. The normalized spacial score (nSPS) is 16.6. The Bertz CT molecular complexity index is 758. The number of nitrogens with zero attached hydrogens (tertiary/aromatic N) is 3. The molecule has 2 aromatic heterocycles. The first kappa shape index (κ1) is 20.4. The number of aromatic nitrogens is 2. The average molecular weight is 409 g/mol. The van der Waals surface area contributed by atoms with Crippen LogP contribution in [0.2, 0.25) is 0 Å².